The molecule has 0 saturated carbocycles. The lowest BCUT2D eigenvalue weighted by Gasteiger charge is -2.06. The Balaban J connectivity index is 1.87. The van der Waals surface area contributed by atoms with Crippen LogP contribution in [0.3, 0.4) is 0 Å². The van der Waals surface area contributed by atoms with E-state index in [2.05, 4.69) is 29.4 Å². The number of aromatic nitrogens is 2. The molecule has 1 heterocycles. The van der Waals surface area contributed by atoms with Crippen LogP contribution in [0.1, 0.15) is 37.6 Å². The Bertz CT molecular complexity index is 642. The van der Waals surface area contributed by atoms with Crippen molar-refractivity contribution in [3.63, 3.8) is 0 Å². The number of benzene rings is 1. The number of carbonyl (C=O) groups is 1. The number of hydrogen-bond donors (Lipinski definition) is 1. The fraction of sp³-hybridized carbons (Fsp3) is 0.438. The van der Waals surface area contributed by atoms with E-state index in [1.807, 2.05) is 24.3 Å². The van der Waals surface area contributed by atoms with Crippen molar-refractivity contribution in [1.29, 1.82) is 0 Å². The second-order valence-electron chi connectivity index (χ2n) is 4.97. The van der Waals surface area contributed by atoms with E-state index in [0.717, 1.165) is 28.5 Å². The number of nitrogens with one attached hydrogen (secondary N) is 1. The number of ether oxygens (including phenoxy) is 1. The Kier molecular flexibility index (Phi) is 6.85. The highest BCUT2D eigenvalue weighted by Gasteiger charge is 2.14. The summed E-state index contributed by atoms with van der Waals surface area (Å²) in [5, 5.41) is 12.6. The molecule has 0 aliphatic rings. The first-order valence-electron chi connectivity index (χ1n) is 7.56. The minimum atomic E-state index is -0.0786. The molecule has 1 N–H and O–H groups in total. The van der Waals surface area contributed by atoms with Crippen molar-refractivity contribution in [3.8, 4) is 5.75 Å². The SMILES string of the molecule is CCC(CC)c1nnc(NC(=O)CSc2cccc(OC)c2)s1. The van der Waals surface area contributed by atoms with Gasteiger partial charge < -0.3 is 4.74 Å². The first-order chi connectivity index (χ1) is 11.2. The zero-order valence-corrected chi connectivity index (χ0v) is 15.2. The minimum Gasteiger partial charge on any atom is -0.497 e. The predicted octanol–water partition coefficient (Wildman–Crippen LogP) is 4.18. The Labute approximate surface area is 144 Å². The zero-order valence-electron chi connectivity index (χ0n) is 13.5. The summed E-state index contributed by atoms with van der Waals surface area (Å²) in [5.74, 6) is 1.45. The third kappa shape index (κ3) is 5.21. The number of methoxy groups -OCH3 is 1. The van der Waals surface area contributed by atoms with Crippen molar-refractivity contribution in [2.24, 2.45) is 0 Å². The van der Waals surface area contributed by atoms with Crippen LogP contribution < -0.4 is 10.1 Å². The molecule has 0 unspecified atom stereocenters. The van der Waals surface area contributed by atoms with Crippen molar-refractivity contribution in [3.05, 3.63) is 29.3 Å². The summed E-state index contributed by atoms with van der Waals surface area (Å²) in [6.45, 7) is 4.27. The lowest BCUT2D eigenvalue weighted by Crippen LogP contribution is -2.13. The normalized spacial score (nSPS) is 10.8. The minimum absolute atomic E-state index is 0.0786. The summed E-state index contributed by atoms with van der Waals surface area (Å²) in [6.07, 6.45) is 2.07. The Hall–Kier alpha value is -1.60. The molecular weight excluding hydrogens is 330 g/mol. The molecule has 1 aromatic heterocycles. The highest BCUT2D eigenvalue weighted by atomic mass is 32.2. The quantitative estimate of drug-likeness (QED) is 0.723. The average molecular weight is 351 g/mol. The van der Waals surface area contributed by atoms with Gasteiger partial charge >= 0.3 is 0 Å². The topological polar surface area (TPSA) is 64.1 Å². The molecule has 2 rings (SSSR count). The van der Waals surface area contributed by atoms with Gasteiger partial charge in [0.2, 0.25) is 11.0 Å². The highest BCUT2D eigenvalue weighted by Crippen LogP contribution is 2.28. The Morgan fingerprint density at radius 3 is 2.83 bits per heavy atom. The molecule has 0 aliphatic heterocycles. The van der Waals surface area contributed by atoms with Gasteiger partial charge in [-0.2, -0.15) is 0 Å². The smallest absolute Gasteiger partial charge is 0.236 e. The number of carbonyl (C=O) groups excluding carboxylic acids is 1. The molecule has 0 fully saturated rings. The first kappa shape index (κ1) is 17.7. The second-order valence-corrected chi connectivity index (χ2v) is 7.03. The van der Waals surface area contributed by atoms with Crippen LogP contribution in [0.15, 0.2) is 29.2 Å². The maximum atomic E-state index is 12.0. The van der Waals surface area contributed by atoms with Gasteiger partial charge in [-0.3, -0.25) is 10.1 Å². The van der Waals surface area contributed by atoms with Crippen LogP contribution in [-0.2, 0) is 4.79 Å². The molecule has 7 heteroatoms. The standard InChI is InChI=1S/C16H21N3O2S2/c1-4-11(5-2)15-18-19-16(23-15)17-14(20)10-22-13-8-6-7-12(9-13)21-3/h6-9,11H,4-5,10H2,1-3H3,(H,17,19,20). The Morgan fingerprint density at radius 1 is 1.35 bits per heavy atom. The van der Waals surface area contributed by atoms with Gasteiger partial charge in [0, 0.05) is 10.8 Å². The van der Waals surface area contributed by atoms with E-state index >= 15 is 0 Å². The van der Waals surface area contributed by atoms with Crippen molar-refractivity contribution in [2.75, 3.05) is 18.2 Å². The largest absolute Gasteiger partial charge is 0.497 e. The second kappa shape index (κ2) is 8.88. The summed E-state index contributed by atoms with van der Waals surface area (Å²) in [7, 11) is 1.63. The molecule has 23 heavy (non-hydrogen) atoms. The van der Waals surface area contributed by atoms with Crippen molar-refractivity contribution >= 4 is 34.1 Å². The molecule has 124 valence electrons. The first-order valence-corrected chi connectivity index (χ1v) is 9.36. The van der Waals surface area contributed by atoms with Crippen LogP contribution in [-0.4, -0.2) is 29.0 Å². The fourth-order valence-electron chi connectivity index (χ4n) is 2.08. The maximum Gasteiger partial charge on any atom is 0.236 e. The van der Waals surface area contributed by atoms with E-state index in [9.17, 15) is 4.79 Å². The third-order valence-corrected chi connectivity index (χ3v) is 5.43. The summed E-state index contributed by atoms with van der Waals surface area (Å²) >= 11 is 2.93. The molecule has 0 spiro atoms. The van der Waals surface area contributed by atoms with Crippen LogP contribution in [0.2, 0.25) is 0 Å². The van der Waals surface area contributed by atoms with Gasteiger partial charge in [0.05, 0.1) is 12.9 Å². The fourth-order valence-corrected chi connectivity index (χ4v) is 3.85. The maximum absolute atomic E-state index is 12.0. The lowest BCUT2D eigenvalue weighted by molar-refractivity contribution is -0.113. The molecule has 0 bridgehead atoms. The third-order valence-electron chi connectivity index (χ3n) is 3.43. The monoisotopic (exact) mass is 351 g/mol. The average Bonchev–Trinajstić information content (AvgIpc) is 3.02. The van der Waals surface area contributed by atoms with Crippen LogP contribution in [0, 0.1) is 0 Å². The van der Waals surface area contributed by atoms with Crippen LogP contribution in [0.4, 0.5) is 5.13 Å². The summed E-state index contributed by atoms with van der Waals surface area (Å²) in [4.78, 5) is 13.0. The molecule has 5 nitrogen and oxygen atoms in total. The van der Waals surface area contributed by atoms with E-state index < -0.39 is 0 Å². The summed E-state index contributed by atoms with van der Waals surface area (Å²) in [6, 6.07) is 7.65. The van der Waals surface area contributed by atoms with Crippen molar-refractivity contribution in [1.82, 2.24) is 10.2 Å². The molecule has 2 aromatic rings. The molecule has 0 atom stereocenters. The lowest BCUT2D eigenvalue weighted by atomic mass is 10.1. The van der Waals surface area contributed by atoms with Gasteiger partial charge in [-0.25, -0.2) is 0 Å². The number of nitrogens with zero attached hydrogens (tertiary/aromatic N) is 2. The molecule has 1 amide bonds. The zero-order chi connectivity index (χ0) is 16.7. The van der Waals surface area contributed by atoms with Gasteiger partial charge in [-0.15, -0.1) is 22.0 Å². The molecule has 1 aromatic carbocycles. The number of hydrogen-bond acceptors (Lipinski definition) is 6. The van der Waals surface area contributed by atoms with E-state index in [1.165, 1.54) is 23.1 Å². The Morgan fingerprint density at radius 2 is 2.13 bits per heavy atom. The number of anilines is 1. The van der Waals surface area contributed by atoms with Crippen molar-refractivity contribution in [2.45, 2.75) is 37.5 Å². The summed E-state index contributed by atoms with van der Waals surface area (Å²) in [5.41, 5.74) is 0. The molecule has 0 radical (unpaired) electrons. The number of amides is 1. The van der Waals surface area contributed by atoms with Gasteiger partial charge in [0.25, 0.3) is 0 Å². The van der Waals surface area contributed by atoms with Crippen molar-refractivity contribution < 1.29 is 9.53 Å². The van der Waals surface area contributed by atoms with Crippen LogP contribution >= 0.6 is 23.1 Å². The number of thioether (sulfide) groups is 1. The molecule has 0 saturated heterocycles. The molecular formula is C16H21N3O2S2. The van der Waals surface area contributed by atoms with E-state index in [1.54, 1.807) is 7.11 Å². The van der Waals surface area contributed by atoms with E-state index in [0.29, 0.717) is 16.8 Å². The van der Waals surface area contributed by atoms with Gasteiger partial charge in [-0.1, -0.05) is 31.3 Å². The number of rotatable bonds is 8. The predicted molar refractivity (Wildman–Crippen MR) is 95.6 cm³/mol. The van der Waals surface area contributed by atoms with Gasteiger partial charge in [0.1, 0.15) is 10.8 Å². The molecule has 0 aliphatic carbocycles. The van der Waals surface area contributed by atoms with E-state index in [-0.39, 0.29) is 5.91 Å². The van der Waals surface area contributed by atoms with E-state index in [4.69, 9.17) is 4.74 Å². The summed E-state index contributed by atoms with van der Waals surface area (Å²) < 4.78 is 5.17. The van der Waals surface area contributed by atoms with Gasteiger partial charge in [0.15, 0.2) is 0 Å². The van der Waals surface area contributed by atoms with Crippen LogP contribution in [0.25, 0.3) is 0 Å². The van der Waals surface area contributed by atoms with Gasteiger partial charge in [-0.05, 0) is 31.0 Å². The van der Waals surface area contributed by atoms with Crippen LogP contribution in [0.5, 0.6) is 5.75 Å². The highest BCUT2D eigenvalue weighted by molar-refractivity contribution is 8.00.